The summed E-state index contributed by atoms with van der Waals surface area (Å²) < 4.78 is 2.53. The lowest BCUT2D eigenvalue weighted by atomic mass is 10.00. The predicted molar refractivity (Wildman–Crippen MR) is 246 cm³/mol. The fraction of sp³-hybridized carbons (Fsp3) is 0.148. The second kappa shape index (κ2) is 13.0. The fourth-order valence-corrected chi connectivity index (χ4v) is 9.57. The summed E-state index contributed by atoms with van der Waals surface area (Å²) in [6.45, 7) is 17.6. The van der Waals surface area contributed by atoms with Crippen LogP contribution in [0.15, 0.2) is 140 Å². The Morgan fingerprint density at radius 2 is 0.860 bits per heavy atom. The maximum Gasteiger partial charge on any atom is 0.0641 e. The Morgan fingerprint density at radius 1 is 0.351 bits per heavy atom. The van der Waals surface area contributed by atoms with Gasteiger partial charge in [-0.25, -0.2) is 0 Å². The smallest absolute Gasteiger partial charge is 0.0641 e. The summed E-state index contributed by atoms with van der Waals surface area (Å²) in [6, 6.07) is 52.7. The van der Waals surface area contributed by atoms with E-state index in [1.807, 2.05) is 0 Å². The average molecular weight is 738 g/mol. The second-order valence-corrected chi connectivity index (χ2v) is 16.4. The Morgan fingerprint density at radius 3 is 1.40 bits per heavy atom. The molecule has 0 saturated carbocycles. The highest BCUT2D eigenvalue weighted by Crippen LogP contribution is 2.49. The van der Waals surface area contributed by atoms with Gasteiger partial charge in [-0.15, -0.1) is 0 Å². The van der Waals surface area contributed by atoms with Crippen molar-refractivity contribution in [2.45, 2.75) is 55.4 Å². The van der Waals surface area contributed by atoms with Crippen LogP contribution in [-0.4, -0.2) is 4.40 Å². The molecule has 278 valence electrons. The number of hydrogen-bond donors (Lipinski definition) is 0. The van der Waals surface area contributed by atoms with Crippen LogP contribution >= 0.6 is 0 Å². The van der Waals surface area contributed by atoms with Gasteiger partial charge in [0.05, 0.1) is 22.2 Å². The number of hydrogen-bond acceptors (Lipinski definition) is 2. The van der Waals surface area contributed by atoms with Crippen molar-refractivity contribution in [2.75, 3.05) is 9.80 Å². The molecule has 3 heteroatoms. The topological polar surface area (TPSA) is 10.9 Å². The van der Waals surface area contributed by atoms with Gasteiger partial charge < -0.3 is 14.2 Å². The van der Waals surface area contributed by atoms with E-state index in [1.165, 1.54) is 122 Å². The molecule has 0 radical (unpaired) electrons. The van der Waals surface area contributed by atoms with Crippen molar-refractivity contribution in [3.63, 3.8) is 0 Å². The summed E-state index contributed by atoms with van der Waals surface area (Å²) >= 11 is 0. The Hall–Kier alpha value is -6.58. The number of anilines is 6. The third-order valence-corrected chi connectivity index (χ3v) is 12.1. The zero-order valence-corrected chi connectivity index (χ0v) is 34.1. The van der Waals surface area contributed by atoms with Gasteiger partial charge in [0, 0.05) is 50.0 Å². The molecule has 0 saturated heterocycles. The van der Waals surface area contributed by atoms with Gasteiger partial charge in [-0.1, -0.05) is 101 Å². The first-order valence-electron chi connectivity index (χ1n) is 20.1. The zero-order chi connectivity index (χ0) is 39.3. The van der Waals surface area contributed by atoms with Crippen LogP contribution in [0.5, 0.6) is 0 Å². The Kier molecular flexibility index (Phi) is 7.95. The first kappa shape index (κ1) is 34.9. The molecule has 0 aliphatic heterocycles. The molecule has 10 rings (SSSR count). The molecule has 2 aromatic heterocycles. The van der Waals surface area contributed by atoms with Crippen molar-refractivity contribution in [2.24, 2.45) is 0 Å². The van der Waals surface area contributed by atoms with Crippen molar-refractivity contribution >= 4 is 83.0 Å². The van der Waals surface area contributed by atoms with Crippen molar-refractivity contribution in [1.29, 1.82) is 0 Å². The molecule has 8 aromatic carbocycles. The molecular formula is C54H47N3. The van der Waals surface area contributed by atoms with Gasteiger partial charge in [0.2, 0.25) is 0 Å². The lowest BCUT2D eigenvalue weighted by Crippen LogP contribution is -2.13. The van der Waals surface area contributed by atoms with Gasteiger partial charge in [0.15, 0.2) is 0 Å². The largest absolute Gasteiger partial charge is 0.310 e. The Bertz CT molecular complexity index is 3130. The minimum atomic E-state index is 1.15. The highest BCUT2D eigenvalue weighted by atomic mass is 15.2. The van der Waals surface area contributed by atoms with Crippen molar-refractivity contribution < 1.29 is 0 Å². The summed E-state index contributed by atoms with van der Waals surface area (Å²) in [6.07, 6.45) is 0. The van der Waals surface area contributed by atoms with E-state index >= 15 is 0 Å². The maximum atomic E-state index is 2.53. The van der Waals surface area contributed by atoms with Gasteiger partial charge in [-0.3, -0.25) is 0 Å². The number of aromatic nitrogens is 1. The molecule has 0 unspecified atom stereocenters. The number of benzene rings is 8. The van der Waals surface area contributed by atoms with E-state index < -0.39 is 0 Å². The van der Waals surface area contributed by atoms with Crippen LogP contribution in [0, 0.1) is 55.4 Å². The van der Waals surface area contributed by atoms with Crippen molar-refractivity contribution in [3.8, 4) is 0 Å². The van der Waals surface area contributed by atoms with E-state index in [9.17, 15) is 0 Å². The van der Waals surface area contributed by atoms with Crippen LogP contribution < -0.4 is 9.80 Å². The highest BCUT2D eigenvalue weighted by Gasteiger charge is 2.26. The van der Waals surface area contributed by atoms with Gasteiger partial charge in [0.25, 0.3) is 0 Å². The summed E-state index contributed by atoms with van der Waals surface area (Å²) in [5.74, 6) is 0. The van der Waals surface area contributed by atoms with Crippen LogP contribution in [0.4, 0.5) is 34.1 Å². The molecule has 0 aliphatic rings. The molecule has 57 heavy (non-hydrogen) atoms. The molecule has 0 atom stereocenters. The number of nitrogens with zero attached hydrogens (tertiary/aromatic N) is 3. The summed E-state index contributed by atoms with van der Waals surface area (Å²) in [5, 5.41) is 7.55. The van der Waals surface area contributed by atoms with Crippen LogP contribution in [-0.2, 0) is 0 Å². The van der Waals surface area contributed by atoms with Crippen LogP contribution in [0.2, 0.25) is 0 Å². The quantitative estimate of drug-likeness (QED) is 0.168. The fourth-order valence-electron chi connectivity index (χ4n) is 9.57. The molecule has 0 spiro atoms. The minimum Gasteiger partial charge on any atom is -0.310 e. The van der Waals surface area contributed by atoms with Crippen molar-refractivity contribution in [1.82, 2.24) is 4.40 Å². The van der Waals surface area contributed by atoms with E-state index in [0.717, 1.165) is 5.69 Å². The van der Waals surface area contributed by atoms with Crippen LogP contribution in [0.1, 0.15) is 44.5 Å². The van der Waals surface area contributed by atoms with Crippen LogP contribution in [0.3, 0.4) is 0 Å². The van der Waals surface area contributed by atoms with E-state index in [1.54, 1.807) is 0 Å². The SMILES string of the molecule is Cc1ccc(N(c2ccc3cc4c5ccc(N(c6ccc(C)cc6C)c6ccc(C)cc6C)c6c7ccccc7n(c4cc3c2)c56)c2ccc(C)cc2C)c(C)c1. The lowest BCUT2D eigenvalue weighted by Gasteiger charge is -2.29. The van der Waals surface area contributed by atoms with Gasteiger partial charge in [0.1, 0.15) is 0 Å². The number of aryl methyl sites for hydroxylation is 8. The Labute approximate surface area is 335 Å². The maximum absolute atomic E-state index is 2.53. The number of fused-ring (bicyclic) bond motifs is 7. The normalized spacial score (nSPS) is 11.9. The third-order valence-electron chi connectivity index (χ3n) is 12.1. The summed E-state index contributed by atoms with van der Waals surface area (Å²) in [4.78, 5) is 4.94. The van der Waals surface area contributed by atoms with E-state index in [2.05, 4.69) is 209 Å². The Balaban J connectivity index is 1.24. The third kappa shape index (κ3) is 5.48. The minimum absolute atomic E-state index is 1.15. The lowest BCUT2D eigenvalue weighted by molar-refractivity contribution is 1.21. The highest BCUT2D eigenvalue weighted by molar-refractivity contribution is 6.28. The molecule has 2 heterocycles. The van der Waals surface area contributed by atoms with Crippen molar-refractivity contribution in [3.05, 3.63) is 184 Å². The van der Waals surface area contributed by atoms with E-state index in [0.29, 0.717) is 0 Å². The number of para-hydroxylation sites is 1. The molecule has 0 bridgehead atoms. The first-order chi connectivity index (χ1) is 27.5. The van der Waals surface area contributed by atoms with Gasteiger partial charge >= 0.3 is 0 Å². The van der Waals surface area contributed by atoms with Crippen LogP contribution in [0.25, 0.3) is 48.9 Å². The van der Waals surface area contributed by atoms with Gasteiger partial charge in [-0.05, 0) is 149 Å². The van der Waals surface area contributed by atoms with E-state index in [4.69, 9.17) is 0 Å². The monoisotopic (exact) mass is 737 g/mol. The molecule has 0 amide bonds. The molecular weight excluding hydrogens is 691 g/mol. The summed E-state index contributed by atoms with van der Waals surface area (Å²) in [5.41, 5.74) is 21.0. The molecule has 0 fully saturated rings. The predicted octanol–water partition coefficient (Wildman–Crippen LogP) is 15.4. The molecule has 0 N–H and O–H groups in total. The zero-order valence-electron chi connectivity index (χ0n) is 34.1. The first-order valence-corrected chi connectivity index (χ1v) is 20.1. The van der Waals surface area contributed by atoms with E-state index in [-0.39, 0.29) is 0 Å². The summed E-state index contributed by atoms with van der Waals surface area (Å²) in [7, 11) is 0. The molecule has 10 aromatic rings. The number of rotatable bonds is 6. The second-order valence-electron chi connectivity index (χ2n) is 16.4. The standard InChI is InChI=1S/C54H47N3/c1-32-13-20-46(36(5)25-32)55(47-21-14-33(2)26-37(47)6)42-18-17-40-30-45-43-19-24-51(53-44-11-9-10-12-50(44)57(54(43)53)52(45)31-41(40)29-42)56(48-22-15-34(3)27-38(48)7)49-23-16-35(4)28-39(49)8/h9-31H,1-8H3. The molecule has 3 nitrogen and oxygen atoms in total. The molecule has 0 aliphatic carbocycles. The van der Waals surface area contributed by atoms with Gasteiger partial charge in [-0.2, -0.15) is 0 Å². The average Bonchev–Trinajstić information content (AvgIpc) is 3.69.